The van der Waals surface area contributed by atoms with Crippen LogP contribution in [0.3, 0.4) is 0 Å². The van der Waals surface area contributed by atoms with E-state index in [1.807, 2.05) is 47.2 Å². The number of amides is 2. The van der Waals surface area contributed by atoms with Gasteiger partial charge in [0.05, 0.1) is 21.1 Å². The molecular formula is C26H16N4O6S3. The lowest BCUT2D eigenvalue weighted by atomic mass is 10.1. The summed E-state index contributed by atoms with van der Waals surface area (Å²) in [5.74, 6) is 2.03. The topological polar surface area (TPSA) is 121 Å². The number of carbonyl (C=O) groups is 2. The van der Waals surface area contributed by atoms with E-state index >= 15 is 0 Å². The molecule has 2 aliphatic rings. The van der Waals surface area contributed by atoms with Crippen LogP contribution in [0.2, 0.25) is 0 Å². The van der Waals surface area contributed by atoms with Crippen molar-refractivity contribution < 1.29 is 28.5 Å². The predicted molar refractivity (Wildman–Crippen MR) is 148 cm³/mol. The summed E-state index contributed by atoms with van der Waals surface area (Å²) in [5.41, 5.74) is 3.14. The van der Waals surface area contributed by atoms with E-state index in [1.54, 1.807) is 12.1 Å². The van der Waals surface area contributed by atoms with Crippen molar-refractivity contribution in [3.63, 3.8) is 0 Å². The fourth-order valence-corrected chi connectivity index (χ4v) is 6.16. The third-order valence-electron chi connectivity index (χ3n) is 5.84. The first-order valence-electron chi connectivity index (χ1n) is 11.5. The van der Waals surface area contributed by atoms with Crippen molar-refractivity contribution in [3.8, 4) is 45.5 Å². The second-order valence-corrected chi connectivity index (χ2v) is 11.1. The van der Waals surface area contributed by atoms with E-state index in [-0.39, 0.29) is 25.4 Å². The van der Waals surface area contributed by atoms with Crippen LogP contribution in [0.15, 0.2) is 59.3 Å². The monoisotopic (exact) mass is 576 g/mol. The second kappa shape index (κ2) is 9.69. The van der Waals surface area contributed by atoms with Crippen LogP contribution in [0.25, 0.3) is 22.5 Å². The lowest BCUT2D eigenvalue weighted by molar-refractivity contribution is 0.102. The highest BCUT2D eigenvalue weighted by Crippen LogP contribution is 2.38. The minimum atomic E-state index is -0.343. The van der Waals surface area contributed by atoms with Gasteiger partial charge in [0.2, 0.25) is 13.6 Å². The Morgan fingerprint density at radius 2 is 1.10 bits per heavy atom. The Kier molecular flexibility index (Phi) is 5.87. The zero-order chi connectivity index (χ0) is 26.3. The number of benzene rings is 2. The molecule has 0 bridgehead atoms. The number of nitrogens with one attached hydrogen (secondary N) is 2. The van der Waals surface area contributed by atoms with Gasteiger partial charge in [0.25, 0.3) is 11.8 Å². The maximum Gasteiger partial charge on any atom is 0.267 e. The number of nitrogens with zero attached hydrogens (tertiary/aromatic N) is 2. The van der Waals surface area contributed by atoms with E-state index in [0.29, 0.717) is 54.4 Å². The Hall–Kier alpha value is -4.46. The van der Waals surface area contributed by atoms with Crippen molar-refractivity contribution in [1.82, 2.24) is 9.97 Å². The Balaban J connectivity index is 0.993. The molecule has 5 heterocycles. The van der Waals surface area contributed by atoms with Crippen LogP contribution < -0.4 is 29.6 Å². The van der Waals surface area contributed by atoms with Crippen LogP contribution >= 0.6 is 34.0 Å². The minimum absolute atomic E-state index is 0.198. The lowest BCUT2D eigenvalue weighted by Crippen LogP contribution is -2.11. The molecule has 0 unspecified atom stereocenters. The van der Waals surface area contributed by atoms with Gasteiger partial charge in [-0.1, -0.05) is 0 Å². The molecule has 0 fully saturated rings. The van der Waals surface area contributed by atoms with E-state index in [0.717, 1.165) is 22.5 Å². The summed E-state index contributed by atoms with van der Waals surface area (Å²) in [4.78, 5) is 35.4. The standard InChI is InChI=1S/C26H16N4O6S3/c31-23(29-25-27-15(9-37-25)13-1-3-17-19(7-13)35-11-33-17)21-5-6-22(39-21)24(32)30-26-28-16(10-38-26)14-2-4-18-20(8-14)36-12-34-18/h1-10H,11-12H2,(H,27,29,31)(H,28,30,32). The van der Waals surface area contributed by atoms with Gasteiger partial charge >= 0.3 is 0 Å². The maximum atomic E-state index is 12.8. The normalized spacial score (nSPS) is 12.9. The van der Waals surface area contributed by atoms with Gasteiger partial charge in [-0.3, -0.25) is 20.2 Å². The Labute approximate surface area is 232 Å². The quantitative estimate of drug-likeness (QED) is 0.254. The molecular weight excluding hydrogens is 561 g/mol. The molecule has 2 N–H and O–H groups in total. The molecule has 39 heavy (non-hydrogen) atoms. The second-order valence-electron chi connectivity index (χ2n) is 8.28. The predicted octanol–water partition coefficient (Wildman–Crippen LogP) is 5.96. The molecule has 0 saturated carbocycles. The number of aromatic nitrogens is 2. The van der Waals surface area contributed by atoms with Crippen molar-refractivity contribution in [2.24, 2.45) is 0 Å². The zero-order valence-corrected chi connectivity index (χ0v) is 22.2. The number of thiazole rings is 2. The lowest BCUT2D eigenvalue weighted by Gasteiger charge is -2.01. The molecule has 2 amide bonds. The summed E-state index contributed by atoms with van der Waals surface area (Å²) in [6.45, 7) is 0.397. The maximum absolute atomic E-state index is 12.8. The van der Waals surface area contributed by atoms with Gasteiger partial charge in [-0.25, -0.2) is 9.97 Å². The number of anilines is 2. The molecule has 5 aromatic rings. The Morgan fingerprint density at radius 1 is 0.641 bits per heavy atom. The smallest absolute Gasteiger partial charge is 0.267 e. The highest BCUT2D eigenvalue weighted by molar-refractivity contribution is 7.17. The zero-order valence-electron chi connectivity index (χ0n) is 19.8. The molecule has 194 valence electrons. The number of rotatable bonds is 6. The molecule has 0 atom stereocenters. The molecule has 0 saturated heterocycles. The molecule has 7 rings (SSSR count). The van der Waals surface area contributed by atoms with Crippen LogP contribution in [0.4, 0.5) is 10.3 Å². The van der Waals surface area contributed by atoms with Crippen LogP contribution in [0.1, 0.15) is 19.3 Å². The highest BCUT2D eigenvalue weighted by atomic mass is 32.1. The van der Waals surface area contributed by atoms with E-state index < -0.39 is 0 Å². The SMILES string of the molecule is O=C(Nc1nc(-c2ccc3c(c2)OCO3)cs1)c1ccc(C(=O)Nc2nc(-c3ccc4c(c3)OCO4)cs2)s1. The van der Waals surface area contributed by atoms with E-state index in [9.17, 15) is 9.59 Å². The molecule has 2 aliphatic heterocycles. The molecule has 10 nitrogen and oxygen atoms in total. The minimum Gasteiger partial charge on any atom is -0.454 e. The summed E-state index contributed by atoms with van der Waals surface area (Å²) in [6, 6.07) is 14.4. The van der Waals surface area contributed by atoms with Crippen molar-refractivity contribution in [2.45, 2.75) is 0 Å². The Morgan fingerprint density at radius 3 is 1.59 bits per heavy atom. The van der Waals surface area contributed by atoms with Crippen molar-refractivity contribution >= 4 is 56.1 Å². The fraction of sp³-hybridized carbons (Fsp3) is 0.0769. The first-order valence-corrected chi connectivity index (χ1v) is 14.1. The summed E-state index contributed by atoms with van der Waals surface area (Å²) in [6.07, 6.45) is 0. The highest BCUT2D eigenvalue weighted by Gasteiger charge is 2.19. The number of hydrogen-bond acceptors (Lipinski definition) is 11. The molecule has 0 aliphatic carbocycles. The first-order chi connectivity index (χ1) is 19.1. The summed E-state index contributed by atoms with van der Waals surface area (Å²) >= 11 is 3.71. The number of ether oxygens (including phenoxy) is 4. The van der Waals surface area contributed by atoms with Gasteiger partial charge < -0.3 is 18.9 Å². The first kappa shape index (κ1) is 23.6. The van der Waals surface area contributed by atoms with Gasteiger partial charge in [-0.2, -0.15) is 0 Å². The van der Waals surface area contributed by atoms with E-state index in [4.69, 9.17) is 18.9 Å². The summed E-state index contributed by atoms with van der Waals surface area (Å²) in [5, 5.41) is 10.2. The number of carbonyl (C=O) groups excluding carboxylic acids is 2. The van der Waals surface area contributed by atoms with E-state index in [1.165, 1.54) is 22.7 Å². The van der Waals surface area contributed by atoms with Gasteiger partial charge in [0, 0.05) is 21.9 Å². The molecule has 3 aromatic heterocycles. The largest absolute Gasteiger partial charge is 0.454 e. The van der Waals surface area contributed by atoms with Crippen LogP contribution in [-0.2, 0) is 0 Å². The van der Waals surface area contributed by atoms with Crippen LogP contribution in [-0.4, -0.2) is 35.4 Å². The van der Waals surface area contributed by atoms with Gasteiger partial charge in [-0.05, 0) is 48.5 Å². The summed E-state index contributed by atoms with van der Waals surface area (Å²) in [7, 11) is 0. The third-order valence-corrected chi connectivity index (χ3v) is 8.44. The molecule has 2 aromatic carbocycles. The van der Waals surface area contributed by atoms with Crippen molar-refractivity contribution in [2.75, 3.05) is 24.2 Å². The van der Waals surface area contributed by atoms with Crippen LogP contribution in [0, 0.1) is 0 Å². The van der Waals surface area contributed by atoms with Gasteiger partial charge in [0.15, 0.2) is 33.3 Å². The van der Waals surface area contributed by atoms with E-state index in [2.05, 4.69) is 20.6 Å². The van der Waals surface area contributed by atoms with Crippen molar-refractivity contribution in [3.05, 3.63) is 69.0 Å². The molecule has 13 heteroatoms. The Bertz CT molecular complexity index is 1620. The van der Waals surface area contributed by atoms with Gasteiger partial charge in [0.1, 0.15) is 0 Å². The number of fused-ring (bicyclic) bond motifs is 2. The third kappa shape index (κ3) is 4.67. The van der Waals surface area contributed by atoms with Crippen LogP contribution in [0.5, 0.6) is 23.0 Å². The fourth-order valence-electron chi connectivity index (χ4n) is 3.94. The van der Waals surface area contributed by atoms with Crippen molar-refractivity contribution in [1.29, 1.82) is 0 Å². The summed E-state index contributed by atoms with van der Waals surface area (Å²) < 4.78 is 21.5. The number of thiophene rings is 1. The number of hydrogen-bond donors (Lipinski definition) is 2. The molecule has 0 spiro atoms. The molecule has 0 radical (unpaired) electrons. The van der Waals surface area contributed by atoms with Gasteiger partial charge in [-0.15, -0.1) is 34.0 Å². The average molecular weight is 577 g/mol. The average Bonchev–Trinajstić information content (AvgIpc) is 3.78.